The third-order valence-corrected chi connectivity index (χ3v) is 4.73. The van der Waals surface area contributed by atoms with Gasteiger partial charge >= 0.3 is 0 Å². The lowest BCUT2D eigenvalue weighted by molar-refractivity contribution is 0.0914. The number of hydrogen-bond donors (Lipinski definition) is 0. The topological polar surface area (TPSA) is 30.0 Å². The van der Waals surface area contributed by atoms with Gasteiger partial charge in [0.25, 0.3) is 0 Å². The van der Waals surface area contributed by atoms with E-state index in [0.717, 1.165) is 46.8 Å². The number of aryl methyl sites for hydroxylation is 1. The number of carbonyl (C=O) groups is 1. The van der Waals surface area contributed by atoms with Gasteiger partial charge in [-0.15, -0.1) is 0 Å². The predicted octanol–water partition coefficient (Wildman–Crippen LogP) is 3.77. The molecule has 4 rings (SSSR count). The van der Waals surface area contributed by atoms with Crippen LogP contribution in [-0.2, 0) is 0 Å². The standard InChI is InChI=1S/C17H17NO/c1-10-2-3-11-6-12(4-5-16(11)18-10)17(19)15-8-13-7-14(13)9-15/h2-6,13-15H,7-9H2,1H3. The summed E-state index contributed by atoms with van der Waals surface area (Å²) in [6.07, 6.45) is 3.60. The van der Waals surface area contributed by atoms with Gasteiger partial charge in [-0.2, -0.15) is 0 Å². The van der Waals surface area contributed by atoms with Gasteiger partial charge in [0, 0.05) is 22.6 Å². The fourth-order valence-electron chi connectivity index (χ4n) is 3.55. The summed E-state index contributed by atoms with van der Waals surface area (Å²) in [7, 11) is 0. The van der Waals surface area contributed by atoms with E-state index in [1.165, 1.54) is 6.42 Å². The van der Waals surface area contributed by atoms with Crippen LogP contribution >= 0.6 is 0 Å². The molecule has 2 nitrogen and oxygen atoms in total. The highest BCUT2D eigenvalue weighted by molar-refractivity contribution is 6.01. The maximum absolute atomic E-state index is 12.5. The molecule has 2 unspecified atom stereocenters. The first kappa shape index (κ1) is 11.2. The zero-order valence-electron chi connectivity index (χ0n) is 11.1. The Kier molecular flexibility index (Phi) is 2.29. The summed E-state index contributed by atoms with van der Waals surface area (Å²) in [5.74, 6) is 2.34. The summed E-state index contributed by atoms with van der Waals surface area (Å²) in [6, 6.07) is 9.99. The van der Waals surface area contributed by atoms with E-state index in [1.54, 1.807) is 0 Å². The number of Topliss-reactive ketones (excluding diaryl/α,β-unsaturated/α-hetero) is 1. The lowest BCUT2D eigenvalue weighted by atomic mass is 9.92. The first-order chi connectivity index (χ1) is 9.20. The maximum atomic E-state index is 12.5. The highest BCUT2D eigenvalue weighted by atomic mass is 16.1. The average molecular weight is 251 g/mol. The second kappa shape index (κ2) is 3.89. The molecule has 0 radical (unpaired) electrons. The largest absolute Gasteiger partial charge is 0.294 e. The number of nitrogens with zero attached hydrogens (tertiary/aromatic N) is 1. The van der Waals surface area contributed by atoms with Crippen LogP contribution in [0, 0.1) is 24.7 Å². The first-order valence-corrected chi connectivity index (χ1v) is 7.12. The second-order valence-electron chi connectivity index (χ2n) is 6.15. The van der Waals surface area contributed by atoms with Gasteiger partial charge in [0.1, 0.15) is 0 Å². The average Bonchev–Trinajstić information content (AvgIpc) is 3.04. The minimum absolute atomic E-state index is 0.277. The highest BCUT2D eigenvalue weighted by Crippen LogP contribution is 2.54. The Balaban J connectivity index is 1.67. The SMILES string of the molecule is Cc1ccc2cc(C(=O)C3CC4CC4C3)ccc2n1. The van der Waals surface area contributed by atoms with E-state index in [4.69, 9.17) is 0 Å². The van der Waals surface area contributed by atoms with E-state index >= 15 is 0 Å². The Morgan fingerprint density at radius 2 is 1.89 bits per heavy atom. The van der Waals surface area contributed by atoms with Crippen LogP contribution in [0.15, 0.2) is 30.3 Å². The highest BCUT2D eigenvalue weighted by Gasteiger charge is 2.47. The normalized spacial score (nSPS) is 28.4. The third-order valence-electron chi connectivity index (χ3n) is 4.73. The van der Waals surface area contributed by atoms with Gasteiger partial charge in [0.05, 0.1) is 5.52 Å². The monoisotopic (exact) mass is 251 g/mol. The fraction of sp³-hybridized carbons (Fsp3) is 0.412. The summed E-state index contributed by atoms with van der Waals surface area (Å²) in [5.41, 5.74) is 2.86. The van der Waals surface area contributed by atoms with Crippen molar-refractivity contribution in [3.8, 4) is 0 Å². The number of carbonyl (C=O) groups excluding carboxylic acids is 1. The van der Waals surface area contributed by atoms with Crippen molar-refractivity contribution in [2.45, 2.75) is 26.2 Å². The molecule has 0 saturated heterocycles. The molecule has 2 heteroatoms. The van der Waals surface area contributed by atoms with Crippen molar-refractivity contribution in [1.29, 1.82) is 0 Å². The fourth-order valence-corrected chi connectivity index (χ4v) is 3.55. The quantitative estimate of drug-likeness (QED) is 0.760. The molecule has 2 aromatic rings. The van der Waals surface area contributed by atoms with Gasteiger partial charge in [-0.05, 0) is 62.3 Å². The van der Waals surface area contributed by atoms with Crippen LogP contribution < -0.4 is 0 Å². The Labute approximate surface area is 112 Å². The molecule has 0 N–H and O–H groups in total. The molecule has 0 aliphatic heterocycles. The number of hydrogen-bond acceptors (Lipinski definition) is 2. The molecule has 2 atom stereocenters. The molecule has 96 valence electrons. The molecule has 0 bridgehead atoms. The van der Waals surface area contributed by atoms with Crippen LogP contribution in [0.1, 0.15) is 35.3 Å². The lowest BCUT2D eigenvalue weighted by Gasteiger charge is -2.11. The molecule has 1 aromatic heterocycles. The molecule has 0 spiro atoms. The summed E-state index contributed by atoms with van der Waals surface area (Å²) in [5, 5.41) is 1.07. The summed E-state index contributed by atoms with van der Waals surface area (Å²) < 4.78 is 0. The van der Waals surface area contributed by atoms with Crippen LogP contribution in [0.2, 0.25) is 0 Å². The second-order valence-corrected chi connectivity index (χ2v) is 6.15. The van der Waals surface area contributed by atoms with E-state index in [2.05, 4.69) is 11.1 Å². The summed E-state index contributed by atoms with van der Waals surface area (Å²) in [6.45, 7) is 1.99. The minimum atomic E-state index is 0.277. The van der Waals surface area contributed by atoms with Gasteiger partial charge in [0.15, 0.2) is 5.78 Å². The maximum Gasteiger partial charge on any atom is 0.165 e. The van der Waals surface area contributed by atoms with E-state index in [-0.39, 0.29) is 5.92 Å². The smallest absolute Gasteiger partial charge is 0.165 e. The van der Waals surface area contributed by atoms with E-state index in [9.17, 15) is 4.79 Å². The lowest BCUT2D eigenvalue weighted by Crippen LogP contribution is -2.12. The van der Waals surface area contributed by atoms with Crippen molar-refractivity contribution in [3.63, 3.8) is 0 Å². The van der Waals surface area contributed by atoms with Crippen molar-refractivity contribution in [2.24, 2.45) is 17.8 Å². The predicted molar refractivity (Wildman–Crippen MR) is 75.1 cm³/mol. The van der Waals surface area contributed by atoms with E-state index < -0.39 is 0 Å². The van der Waals surface area contributed by atoms with Crippen LogP contribution in [0.3, 0.4) is 0 Å². The number of fused-ring (bicyclic) bond motifs is 2. The zero-order valence-corrected chi connectivity index (χ0v) is 11.1. The van der Waals surface area contributed by atoms with Crippen LogP contribution in [0.4, 0.5) is 0 Å². The molecule has 1 heterocycles. The molecule has 1 aromatic carbocycles. The van der Waals surface area contributed by atoms with Crippen LogP contribution in [0.25, 0.3) is 10.9 Å². The Bertz CT molecular complexity index is 666. The summed E-state index contributed by atoms with van der Waals surface area (Å²) >= 11 is 0. The number of pyridine rings is 1. The Morgan fingerprint density at radius 1 is 1.11 bits per heavy atom. The van der Waals surface area contributed by atoms with E-state index in [1.807, 2.05) is 31.2 Å². The van der Waals surface area contributed by atoms with Gasteiger partial charge < -0.3 is 0 Å². The molecule has 0 amide bonds. The molecule has 2 saturated carbocycles. The first-order valence-electron chi connectivity index (χ1n) is 7.12. The van der Waals surface area contributed by atoms with Crippen LogP contribution in [-0.4, -0.2) is 10.8 Å². The zero-order chi connectivity index (χ0) is 13.0. The van der Waals surface area contributed by atoms with E-state index in [0.29, 0.717) is 5.78 Å². The van der Waals surface area contributed by atoms with Gasteiger partial charge in [-0.25, -0.2) is 0 Å². The van der Waals surface area contributed by atoms with Crippen LogP contribution in [0.5, 0.6) is 0 Å². The third kappa shape index (κ3) is 1.86. The van der Waals surface area contributed by atoms with Crippen molar-refractivity contribution < 1.29 is 4.79 Å². The number of aromatic nitrogens is 1. The van der Waals surface area contributed by atoms with Crippen molar-refractivity contribution in [3.05, 3.63) is 41.6 Å². The Morgan fingerprint density at radius 3 is 2.68 bits per heavy atom. The molecular formula is C17H17NO. The van der Waals surface area contributed by atoms with Crippen molar-refractivity contribution in [1.82, 2.24) is 4.98 Å². The number of rotatable bonds is 2. The minimum Gasteiger partial charge on any atom is -0.294 e. The Hall–Kier alpha value is -1.70. The molecule has 2 aliphatic rings. The summed E-state index contributed by atoms with van der Waals surface area (Å²) in [4.78, 5) is 17.0. The van der Waals surface area contributed by atoms with Gasteiger partial charge in [0.2, 0.25) is 0 Å². The van der Waals surface area contributed by atoms with Crippen molar-refractivity contribution >= 4 is 16.7 Å². The van der Waals surface area contributed by atoms with Gasteiger partial charge in [-0.3, -0.25) is 9.78 Å². The van der Waals surface area contributed by atoms with Crippen molar-refractivity contribution in [2.75, 3.05) is 0 Å². The molecule has 19 heavy (non-hydrogen) atoms. The molecule has 2 fully saturated rings. The van der Waals surface area contributed by atoms with Gasteiger partial charge in [-0.1, -0.05) is 6.07 Å². The number of ketones is 1. The molecule has 2 aliphatic carbocycles. The number of benzene rings is 1. The molecular weight excluding hydrogens is 234 g/mol.